The van der Waals surface area contributed by atoms with Crippen LogP contribution in [0.2, 0.25) is 0 Å². The van der Waals surface area contributed by atoms with Gasteiger partial charge in [0, 0.05) is 31.9 Å². The molecule has 1 aliphatic rings. The zero-order valence-electron chi connectivity index (χ0n) is 15.9. The zero-order valence-corrected chi connectivity index (χ0v) is 15.9. The van der Waals surface area contributed by atoms with Crippen molar-refractivity contribution in [2.45, 2.75) is 45.7 Å². The number of nitrogens with one attached hydrogen (secondary N) is 1. The highest BCUT2D eigenvalue weighted by Crippen LogP contribution is 2.18. The Balaban J connectivity index is 1.45. The zero-order chi connectivity index (χ0) is 18.2. The molecular formula is C21H30N4O. The molecule has 1 aliphatic heterocycles. The van der Waals surface area contributed by atoms with Crippen LogP contribution >= 0.6 is 0 Å². The van der Waals surface area contributed by atoms with Gasteiger partial charge in [-0.1, -0.05) is 26.0 Å². The van der Waals surface area contributed by atoms with Crippen LogP contribution in [-0.2, 0) is 6.54 Å². The third-order valence-corrected chi connectivity index (χ3v) is 4.79. The standard InChI is InChI=1S/C21H30N4O/c1-17(2)11-14-26-20-9-7-18(8-10-20)15-22-19-5-4-13-25(16-19)21-6-3-12-23-24-21/h3,6-10,12,17,19,22H,4-5,11,13-16H2,1-2H3. The summed E-state index contributed by atoms with van der Waals surface area (Å²) in [4.78, 5) is 2.32. The normalized spacial score (nSPS) is 17.5. The summed E-state index contributed by atoms with van der Waals surface area (Å²) in [6.07, 6.45) is 5.19. The number of hydrogen-bond acceptors (Lipinski definition) is 5. The van der Waals surface area contributed by atoms with Gasteiger partial charge in [-0.05, 0) is 55.0 Å². The summed E-state index contributed by atoms with van der Waals surface area (Å²) in [5.41, 5.74) is 1.29. The second-order valence-corrected chi connectivity index (χ2v) is 7.42. The third-order valence-electron chi connectivity index (χ3n) is 4.79. The number of anilines is 1. The van der Waals surface area contributed by atoms with Crippen molar-refractivity contribution in [2.75, 3.05) is 24.6 Å². The first-order valence-electron chi connectivity index (χ1n) is 9.68. The molecule has 1 fully saturated rings. The molecular weight excluding hydrogens is 324 g/mol. The first-order chi connectivity index (χ1) is 12.7. The van der Waals surface area contributed by atoms with E-state index in [1.54, 1.807) is 6.20 Å². The van der Waals surface area contributed by atoms with E-state index in [1.807, 2.05) is 12.1 Å². The summed E-state index contributed by atoms with van der Waals surface area (Å²) < 4.78 is 5.79. The van der Waals surface area contributed by atoms with Gasteiger partial charge in [0.15, 0.2) is 5.82 Å². The topological polar surface area (TPSA) is 50.3 Å². The maximum absolute atomic E-state index is 5.79. The van der Waals surface area contributed by atoms with E-state index in [0.29, 0.717) is 12.0 Å². The van der Waals surface area contributed by atoms with E-state index in [2.05, 4.69) is 58.5 Å². The predicted molar refractivity (Wildman–Crippen MR) is 105 cm³/mol. The maximum atomic E-state index is 5.79. The van der Waals surface area contributed by atoms with E-state index < -0.39 is 0 Å². The van der Waals surface area contributed by atoms with Crippen LogP contribution in [0.15, 0.2) is 42.6 Å². The molecule has 2 heterocycles. The van der Waals surface area contributed by atoms with Crippen LogP contribution in [0.3, 0.4) is 0 Å². The lowest BCUT2D eigenvalue weighted by atomic mass is 10.1. The van der Waals surface area contributed by atoms with Crippen LogP contribution in [0.4, 0.5) is 5.82 Å². The van der Waals surface area contributed by atoms with Gasteiger partial charge in [-0.2, -0.15) is 5.10 Å². The molecule has 2 aromatic rings. The molecule has 140 valence electrons. The molecule has 1 N–H and O–H groups in total. The molecule has 0 bridgehead atoms. The number of nitrogens with zero attached hydrogens (tertiary/aromatic N) is 3. The van der Waals surface area contributed by atoms with Crippen molar-refractivity contribution in [1.82, 2.24) is 15.5 Å². The van der Waals surface area contributed by atoms with Crippen LogP contribution in [0.25, 0.3) is 0 Å². The fraction of sp³-hybridized carbons (Fsp3) is 0.524. The van der Waals surface area contributed by atoms with E-state index in [-0.39, 0.29) is 0 Å². The molecule has 0 saturated carbocycles. The fourth-order valence-corrected chi connectivity index (χ4v) is 3.19. The summed E-state index contributed by atoms with van der Waals surface area (Å²) in [7, 11) is 0. The number of hydrogen-bond donors (Lipinski definition) is 1. The Morgan fingerprint density at radius 2 is 2.08 bits per heavy atom. The minimum Gasteiger partial charge on any atom is -0.494 e. The smallest absolute Gasteiger partial charge is 0.151 e. The lowest BCUT2D eigenvalue weighted by molar-refractivity contribution is 0.289. The molecule has 5 nitrogen and oxygen atoms in total. The molecule has 1 atom stereocenters. The largest absolute Gasteiger partial charge is 0.494 e. The highest BCUT2D eigenvalue weighted by atomic mass is 16.5. The quantitative estimate of drug-likeness (QED) is 0.784. The van der Waals surface area contributed by atoms with Crippen LogP contribution in [0, 0.1) is 5.92 Å². The predicted octanol–water partition coefficient (Wildman–Crippen LogP) is 3.66. The summed E-state index contributed by atoms with van der Waals surface area (Å²) in [6.45, 7) is 8.14. The maximum Gasteiger partial charge on any atom is 0.151 e. The van der Waals surface area contributed by atoms with Crippen molar-refractivity contribution >= 4 is 5.82 Å². The minimum absolute atomic E-state index is 0.479. The molecule has 3 rings (SSSR count). The molecule has 1 aromatic heterocycles. The lowest BCUT2D eigenvalue weighted by Gasteiger charge is -2.33. The Bertz CT molecular complexity index is 645. The molecule has 0 amide bonds. The monoisotopic (exact) mass is 354 g/mol. The molecule has 0 aliphatic carbocycles. The molecule has 0 radical (unpaired) electrons. The van der Waals surface area contributed by atoms with Gasteiger partial charge in [0.1, 0.15) is 5.75 Å². The third kappa shape index (κ3) is 5.70. The second-order valence-electron chi connectivity index (χ2n) is 7.42. The van der Waals surface area contributed by atoms with Crippen molar-refractivity contribution < 1.29 is 4.74 Å². The van der Waals surface area contributed by atoms with Gasteiger partial charge in [-0.3, -0.25) is 0 Å². The van der Waals surface area contributed by atoms with Gasteiger partial charge < -0.3 is 15.0 Å². The molecule has 5 heteroatoms. The van der Waals surface area contributed by atoms with Gasteiger partial charge in [0.25, 0.3) is 0 Å². The molecule has 0 spiro atoms. The number of ether oxygens (including phenoxy) is 1. The van der Waals surface area contributed by atoms with E-state index in [9.17, 15) is 0 Å². The Hall–Kier alpha value is -2.14. The van der Waals surface area contributed by atoms with Crippen molar-refractivity contribution in [3.05, 3.63) is 48.2 Å². The Morgan fingerprint density at radius 3 is 2.81 bits per heavy atom. The summed E-state index contributed by atoms with van der Waals surface area (Å²) >= 11 is 0. The Morgan fingerprint density at radius 1 is 1.23 bits per heavy atom. The van der Waals surface area contributed by atoms with E-state index in [4.69, 9.17) is 4.74 Å². The van der Waals surface area contributed by atoms with Gasteiger partial charge in [-0.15, -0.1) is 5.10 Å². The highest BCUT2D eigenvalue weighted by Gasteiger charge is 2.20. The first kappa shape index (κ1) is 18.6. The van der Waals surface area contributed by atoms with Crippen LogP contribution in [0.5, 0.6) is 5.75 Å². The summed E-state index contributed by atoms with van der Waals surface area (Å²) in [5.74, 6) is 2.61. The van der Waals surface area contributed by atoms with Crippen molar-refractivity contribution in [1.29, 1.82) is 0 Å². The van der Waals surface area contributed by atoms with E-state index in [1.165, 1.54) is 18.4 Å². The van der Waals surface area contributed by atoms with Gasteiger partial charge >= 0.3 is 0 Å². The molecule has 1 unspecified atom stereocenters. The average molecular weight is 354 g/mol. The highest BCUT2D eigenvalue weighted by molar-refractivity contribution is 5.37. The fourth-order valence-electron chi connectivity index (χ4n) is 3.19. The first-order valence-corrected chi connectivity index (χ1v) is 9.68. The van der Waals surface area contributed by atoms with E-state index in [0.717, 1.165) is 44.2 Å². The van der Waals surface area contributed by atoms with Crippen molar-refractivity contribution in [3.63, 3.8) is 0 Å². The number of aromatic nitrogens is 2. The SMILES string of the molecule is CC(C)CCOc1ccc(CNC2CCCN(c3cccnn3)C2)cc1. The molecule has 26 heavy (non-hydrogen) atoms. The summed E-state index contributed by atoms with van der Waals surface area (Å²) in [5, 5.41) is 11.9. The number of piperidine rings is 1. The van der Waals surface area contributed by atoms with Crippen LogP contribution in [0.1, 0.15) is 38.7 Å². The van der Waals surface area contributed by atoms with E-state index >= 15 is 0 Å². The summed E-state index contributed by atoms with van der Waals surface area (Å²) in [6, 6.07) is 12.9. The second kappa shape index (κ2) is 9.53. The van der Waals surface area contributed by atoms with Gasteiger partial charge in [0.2, 0.25) is 0 Å². The minimum atomic E-state index is 0.479. The average Bonchev–Trinajstić information content (AvgIpc) is 2.68. The molecule has 1 saturated heterocycles. The number of benzene rings is 1. The van der Waals surface area contributed by atoms with Crippen LogP contribution < -0.4 is 15.0 Å². The Labute approximate surface area is 156 Å². The van der Waals surface area contributed by atoms with Gasteiger partial charge in [-0.25, -0.2) is 0 Å². The van der Waals surface area contributed by atoms with Crippen LogP contribution in [-0.4, -0.2) is 35.9 Å². The van der Waals surface area contributed by atoms with Crippen molar-refractivity contribution in [3.8, 4) is 5.75 Å². The lowest BCUT2D eigenvalue weighted by Crippen LogP contribution is -2.45. The Kier molecular flexibility index (Phi) is 6.83. The number of rotatable bonds is 8. The van der Waals surface area contributed by atoms with Crippen molar-refractivity contribution in [2.24, 2.45) is 5.92 Å². The van der Waals surface area contributed by atoms with Gasteiger partial charge in [0.05, 0.1) is 6.61 Å². The molecule has 1 aromatic carbocycles.